The summed E-state index contributed by atoms with van der Waals surface area (Å²) >= 11 is 0. The maximum atomic E-state index is 12.6. The molecule has 162 valence electrons. The van der Waals surface area contributed by atoms with Gasteiger partial charge >= 0.3 is 6.09 Å². The first-order chi connectivity index (χ1) is 13.9. The van der Waals surface area contributed by atoms with Crippen LogP contribution in [0.3, 0.4) is 0 Å². The van der Waals surface area contributed by atoms with Gasteiger partial charge in [-0.25, -0.2) is 17.5 Å². The molecular formula is C21H27N3O5S. The Balaban J connectivity index is 2.11. The SMILES string of the molecule is CN(C)S(=O)(=O)c1ccccc1CNC(=O)c1cccc(NC(=O)OC(C)(C)C)c1. The number of nitrogens with zero attached hydrogens (tertiary/aromatic N) is 1. The van der Waals surface area contributed by atoms with E-state index in [2.05, 4.69) is 10.6 Å². The van der Waals surface area contributed by atoms with Gasteiger partial charge in [0.2, 0.25) is 10.0 Å². The Morgan fingerprint density at radius 3 is 2.33 bits per heavy atom. The molecule has 2 N–H and O–H groups in total. The molecule has 2 rings (SSSR count). The second-order valence-corrected chi connectivity index (χ2v) is 9.91. The Morgan fingerprint density at radius 2 is 1.70 bits per heavy atom. The lowest BCUT2D eigenvalue weighted by atomic mass is 10.1. The minimum atomic E-state index is -3.63. The summed E-state index contributed by atoms with van der Waals surface area (Å²) < 4.78 is 31.3. The number of rotatable bonds is 6. The molecule has 0 bridgehead atoms. The number of amides is 2. The van der Waals surface area contributed by atoms with Crippen molar-refractivity contribution in [1.29, 1.82) is 0 Å². The first-order valence-corrected chi connectivity index (χ1v) is 10.7. The van der Waals surface area contributed by atoms with Crippen LogP contribution < -0.4 is 10.6 Å². The van der Waals surface area contributed by atoms with E-state index in [1.54, 1.807) is 57.2 Å². The first-order valence-electron chi connectivity index (χ1n) is 9.29. The van der Waals surface area contributed by atoms with E-state index in [0.29, 0.717) is 16.8 Å². The summed E-state index contributed by atoms with van der Waals surface area (Å²) in [4.78, 5) is 24.6. The van der Waals surface area contributed by atoms with Gasteiger partial charge in [-0.1, -0.05) is 24.3 Å². The van der Waals surface area contributed by atoms with E-state index in [1.807, 2.05) is 0 Å². The third-order valence-electron chi connectivity index (χ3n) is 3.94. The summed E-state index contributed by atoms with van der Waals surface area (Å²) in [6, 6.07) is 12.9. The van der Waals surface area contributed by atoms with Crippen molar-refractivity contribution in [2.45, 2.75) is 37.8 Å². The maximum Gasteiger partial charge on any atom is 0.412 e. The molecule has 0 spiro atoms. The summed E-state index contributed by atoms with van der Waals surface area (Å²) in [6.07, 6.45) is -0.622. The van der Waals surface area contributed by atoms with Gasteiger partial charge in [-0.2, -0.15) is 0 Å². The van der Waals surface area contributed by atoms with Crippen LogP contribution in [0.4, 0.5) is 10.5 Å². The lowest BCUT2D eigenvalue weighted by molar-refractivity contribution is 0.0635. The van der Waals surface area contributed by atoms with Crippen molar-refractivity contribution in [3.8, 4) is 0 Å². The molecule has 0 heterocycles. The monoisotopic (exact) mass is 433 g/mol. The van der Waals surface area contributed by atoms with Crippen LogP contribution in [0.25, 0.3) is 0 Å². The molecule has 0 atom stereocenters. The van der Waals surface area contributed by atoms with E-state index in [-0.39, 0.29) is 11.4 Å². The summed E-state index contributed by atoms with van der Waals surface area (Å²) in [7, 11) is -0.730. The average molecular weight is 434 g/mol. The van der Waals surface area contributed by atoms with Crippen LogP contribution in [-0.4, -0.2) is 44.4 Å². The predicted octanol–water partition coefficient (Wildman–Crippen LogP) is 3.21. The Kier molecular flexibility index (Phi) is 7.22. The van der Waals surface area contributed by atoms with Crippen molar-refractivity contribution < 1.29 is 22.7 Å². The maximum absolute atomic E-state index is 12.6. The minimum Gasteiger partial charge on any atom is -0.444 e. The van der Waals surface area contributed by atoms with Crippen molar-refractivity contribution in [3.63, 3.8) is 0 Å². The Hall–Kier alpha value is -2.91. The van der Waals surface area contributed by atoms with Crippen LogP contribution in [0.15, 0.2) is 53.4 Å². The zero-order chi connectivity index (χ0) is 22.5. The van der Waals surface area contributed by atoms with E-state index in [4.69, 9.17) is 4.74 Å². The molecule has 0 aromatic heterocycles. The molecule has 2 amide bonds. The second-order valence-electron chi connectivity index (χ2n) is 7.79. The third kappa shape index (κ3) is 6.30. The molecule has 0 saturated carbocycles. The molecule has 0 aliphatic heterocycles. The van der Waals surface area contributed by atoms with Gasteiger partial charge in [0, 0.05) is 31.9 Å². The van der Waals surface area contributed by atoms with Gasteiger partial charge in [0.1, 0.15) is 5.60 Å². The number of anilines is 1. The molecule has 0 unspecified atom stereocenters. The van der Waals surface area contributed by atoms with Crippen LogP contribution in [0.5, 0.6) is 0 Å². The standard InChI is InChI=1S/C21H27N3O5S/c1-21(2,3)29-20(26)23-17-11-8-10-15(13-17)19(25)22-14-16-9-6-7-12-18(16)30(27,28)24(4)5/h6-13H,14H2,1-5H3,(H,22,25)(H,23,26). The molecule has 0 aliphatic carbocycles. The predicted molar refractivity (Wildman–Crippen MR) is 115 cm³/mol. The Labute approximate surface area is 177 Å². The molecule has 0 fully saturated rings. The van der Waals surface area contributed by atoms with E-state index >= 15 is 0 Å². The summed E-state index contributed by atoms with van der Waals surface area (Å²) in [5, 5.41) is 5.30. The summed E-state index contributed by atoms with van der Waals surface area (Å²) in [5.41, 5.74) is 0.561. The minimum absolute atomic E-state index is 0.0335. The average Bonchev–Trinajstić information content (AvgIpc) is 2.64. The van der Waals surface area contributed by atoms with Gasteiger partial charge < -0.3 is 10.1 Å². The van der Waals surface area contributed by atoms with Crippen LogP contribution >= 0.6 is 0 Å². The van der Waals surface area contributed by atoms with Crippen LogP contribution in [-0.2, 0) is 21.3 Å². The van der Waals surface area contributed by atoms with Crippen LogP contribution in [0.1, 0.15) is 36.7 Å². The quantitative estimate of drug-likeness (QED) is 0.728. The molecule has 0 saturated heterocycles. The number of nitrogens with one attached hydrogen (secondary N) is 2. The van der Waals surface area contributed by atoms with E-state index in [0.717, 1.165) is 4.31 Å². The Bertz CT molecular complexity index is 1030. The molecule has 2 aromatic carbocycles. The third-order valence-corrected chi connectivity index (χ3v) is 5.86. The highest BCUT2D eigenvalue weighted by atomic mass is 32.2. The lowest BCUT2D eigenvalue weighted by Gasteiger charge is -2.19. The van der Waals surface area contributed by atoms with Crippen LogP contribution in [0, 0.1) is 0 Å². The van der Waals surface area contributed by atoms with Gasteiger partial charge in [0.25, 0.3) is 5.91 Å². The second kappa shape index (κ2) is 9.27. The van der Waals surface area contributed by atoms with E-state index < -0.39 is 27.6 Å². The fourth-order valence-electron chi connectivity index (χ4n) is 2.54. The normalized spacial score (nSPS) is 11.8. The van der Waals surface area contributed by atoms with Gasteiger partial charge in [-0.05, 0) is 50.6 Å². The number of benzene rings is 2. The highest BCUT2D eigenvalue weighted by molar-refractivity contribution is 7.89. The van der Waals surface area contributed by atoms with Crippen LogP contribution in [0.2, 0.25) is 0 Å². The largest absolute Gasteiger partial charge is 0.444 e. The Morgan fingerprint density at radius 1 is 1.03 bits per heavy atom. The van der Waals surface area contributed by atoms with Gasteiger partial charge in [-0.3, -0.25) is 10.1 Å². The molecule has 0 aliphatic rings. The number of hydrogen-bond acceptors (Lipinski definition) is 5. The summed E-state index contributed by atoms with van der Waals surface area (Å²) in [5.74, 6) is -0.403. The molecule has 30 heavy (non-hydrogen) atoms. The number of ether oxygens (including phenoxy) is 1. The number of carbonyl (C=O) groups is 2. The topological polar surface area (TPSA) is 105 Å². The number of hydrogen-bond donors (Lipinski definition) is 2. The van der Waals surface area contributed by atoms with Crippen molar-refractivity contribution in [2.75, 3.05) is 19.4 Å². The lowest BCUT2D eigenvalue weighted by Crippen LogP contribution is -2.28. The zero-order valence-electron chi connectivity index (χ0n) is 17.7. The molecule has 8 nitrogen and oxygen atoms in total. The highest BCUT2D eigenvalue weighted by Gasteiger charge is 2.21. The van der Waals surface area contributed by atoms with Crippen molar-refractivity contribution in [2.24, 2.45) is 0 Å². The smallest absolute Gasteiger partial charge is 0.412 e. The molecular weight excluding hydrogens is 406 g/mol. The molecule has 2 aromatic rings. The number of carbonyl (C=O) groups excluding carboxylic acids is 2. The van der Waals surface area contributed by atoms with E-state index in [1.165, 1.54) is 26.2 Å². The van der Waals surface area contributed by atoms with Crippen molar-refractivity contribution in [1.82, 2.24) is 9.62 Å². The van der Waals surface area contributed by atoms with Gasteiger partial charge in [-0.15, -0.1) is 0 Å². The molecule has 0 radical (unpaired) electrons. The fourth-order valence-corrected chi connectivity index (χ4v) is 3.65. The fraction of sp³-hybridized carbons (Fsp3) is 0.333. The van der Waals surface area contributed by atoms with Gasteiger partial charge in [0.15, 0.2) is 0 Å². The first kappa shape index (κ1) is 23.4. The van der Waals surface area contributed by atoms with Gasteiger partial charge in [0.05, 0.1) is 4.90 Å². The molecule has 9 heteroatoms. The highest BCUT2D eigenvalue weighted by Crippen LogP contribution is 2.19. The summed E-state index contributed by atoms with van der Waals surface area (Å²) in [6.45, 7) is 5.30. The number of sulfonamides is 1. The van der Waals surface area contributed by atoms with Crippen molar-refractivity contribution in [3.05, 3.63) is 59.7 Å². The van der Waals surface area contributed by atoms with E-state index in [9.17, 15) is 18.0 Å². The zero-order valence-corrected chi connectivity index (χ0v) is 18.5. The van der Waals surface area contributed by atoms with Crippen molar-refractivity contribution >= 4 is 27.7 Å².